The zero-order valence-electron chi connectivity index (χ0n) is 20.9. The predicted molar refractivity (Wildman–Crippen MR) is 150 cm³/mol. The van der Waals surface area contributed by atoms with E-state index >= 15 is 0 Å². The number of amides is 1. The fraction of sp³-hybridized carbons (Fsp3) is 0.194. The number of hydrogen-bond donors (Lipinski definition) is 2. The van der Waals surface area contributed by atoms with Crippen LogP contribution in [-0.4, -0.2) is 31.6 Å². The maximum absolute atomic E-state index is 13.3. The second-order valence-electron chi connectivity index (χ2n) is 9.86. The van der Waals surface area contributed by atoms with Crippen molar-refractivity contribution in [2.75, 3.05) is 6.54 Å². The molecular formula is C31H27N5O2. The molecule has 0 spiro atoms. The number of nitrogens with one attached hydrogen (secondary N) is 2. The van der Waals surface area contributed by atoms with Crippen molar-refractivity contribution in [3.05, 3.63) is 100 Å². The number of H-pyrrole nitrogens is 1. The number of hydrogen-bond acceptors (Lipinski definition) is 3. The van der Waals surface area contributed by atoms with Crippen LogP contribution < -0.4 is 10.9 Å². The Hall–Kier alpha value is -4.65. The highest BCUT2D eigenvalue weighted by Gasteiger charge is 2.27. The van der Waals surface area contributed by atoms with Crippen LogP contribution in [0.25, 0.3) is 44.2 Å². The summed E-state index contributed by atoms with van der Waals surface area (Å²) in [6.45, 7) is 1.69. The van der Waals surface area contributed by atoms with Gasteiger partial charge < -0.3 is 14.9 Å². The second-order valence-corrected chi connectivity index (χ2v) is 9.86. The Kier molecular flexibility index (Phi) is 5.35. The predicted octanol–water partition coefficient (Wildman–Crippen LogP) is 4.80. The molecule has 1 aliphatic rings. The van der Waals surface area contributed by atoms with Gasteiger partial charge in [0, 0.05) is 54.1 Å². The zero-order chi connectivity index (χ0) is 25.6. The van der Waals surface area contributed by atoms with Gasteiger partial charge in [0.15, 0.2) is 5.82 Å². The monoisotopic (exact) mass is 501 g/mol. The molecule has 3 aromatic heterocycles. The molecule has 6 aromatic rings. The number of nitrogens with zero attached hydrogens (tertiary/aromatic N) is 3. The maximum atomic E-state index is 13.3. The average Bonchev–Trinajstić information content (AvgIpc) is 3.51. The maximum Gasteiger partial charge on any atom is 0.261 e. The van der Waals surface area contributed by atoms with Gasteiger partial charge in [0.25, 0.3) is 5.56 Å². The van der Waals surface area contributed by atoms with Gasteiger partial charge in [-0.2, -0.15) is 0 Å². The van der Waals surface area contributed by atoms with Crippen molar-refractivity contribution in [2.45, 2.75) is 32.4 Å². The third kappa shape index (κ3) is 3.62. The third-order valence-electron chi connectivity index (χ3n) is 7.69. The molecule has 0 saturated heterocycles. The molecule has 0 radical (unpaired) electrons. The van der Waals surface area contributed by atoms with Gasteiger partial charge in [0.2, 0.25) is 5.91 Å². The lowest BCUT2D eigenvalue weighted by atomic mass is 10.0. The molecule has 188 valence electrons. The van der Waals surface area contributed by atoms with Crippen LogP contribution >= 0.6 is 0 Å². The molecule has 4 heterocycles. The number of aryl methyl sites for hydroxylation is 2. The second kappa shape index (κ2) is 9.03. The summed E-state index contributed by atoms with van der Waals surface area (Å²) in [5.74, 6) is 0.696. The van der Waals surface area contributed by atoms with Crippen molar-refractivity contribution in [1.29, 1.82) is 0 Å². The number of carbonyl (C=O) groups excluding carboxylic acids is 1. The largest absolute Gasteiger partial charge is 0.361 e. The average molecular weight is 502 g/mol. The van der Waals surface area contributed by atoms with Crippen molar-refractivity contribution in [2.24, 2.45) is 0 Å². The standard InChI is InChI=1S/C31H27N5O2/c37-28(32-16-13-20-19-33-25-10-4-1-7-21(20)25)15-18-35-27-12-6-3-8-22(27)23-14-17-36-30(29(23)35)34-26-11-5-2-9-24(26)31(36)38/h1-12,19,33H,13-18H2,(H,32,37). The smallest absolute Gasteiger partial charge is 0.261 e. The molecule has 7 nitrogen and oxygen atoms in total. The van der Waals surface area contributed by atoms with Crippen molar-refractivity contribution in [1.82, 2.24) is 24.4 Å². The van der Waals surface area contributed by atoms with Crippen LogP contribution in [0.5, 0.6) is 0 Å². The first-order valence-electron chi connectivity index (χ1n) is 13.1. The van der Waals surface area contributed by atoms with Crippen LogP contribution in [0, 0.1) is 0 Å². The number of aromatic amines is 1. The summed E-state index contributed by atoms with van der Waals surface area (Å²) in [5, 5.41) is 6.09. The number of rotatable bonds is 6. The molecule has 0 fully saturated rings. The molecule has 7 heteroatoms. The first-order chi connectivity index (χ1) is 18.7. The Balaban J connectivity index is 1.17. The Morgan fingerprint density at radius 3 is 2.61 bits per heavy atom. The van der Waals surface area contributed by atoms with Gasteiger partial charge in [-0.05, 0) is 48.2 Å². The van der Waals surface area contributed by atoms with Crippen LogP contribution in [0.1, 0.15) is 17.5 Å². The molecule has 0 atom stereocenters. The first-order valence-corrected chi connectivity index (χ1v) is 13.1. The van der Waals surface area contributed by atoms with Gasteiger partial charge >= 0.3 is 0 Å². The highest BCUT2D eigenvalue weighted by atomic mass is 16.1. The summed E-state index contributed by atoms with van der Waals surface area (Å²) < 4.78 is 3.97. The Labute approximate surface area is 218 Å². The van der Waals surface area contributed by atoms with Crippen LogP contribution in [0.4, 0.5) is 0 Å². The molecule has 0 unspecified atom stereocenters. The fourth-order valence-corrected chi connectivity index (χ4v) is 5.87. The number of aromatic nitrogens is 4. The van der Waals surface area contributed by atoms with E-state index in [2.05, 4.69) is 39.1 Å². The van der Waals surface area contributed by atoms with Gasteiger partial charge in [0.1, 0.15) is 0 Å². The molecule has 0 saturated carbocycles. The topological polar surface area (TPSA) is 84.7 Å². The van der Waals surface area contributed by atoms with Crippen LogP contribution in [0.3, 0.4) is 0 Å². The fourth-order valence-electron chi connectivity index (χ4n) is 5.87. The van der Waals surface area contributed by atoms with E-state index < -0.39 is 0 Å². The van der Waals surface area contributed by atoms with E-state index in [1.807, 2.05) is 54.7 Å². The lowest BCUT2D eigenvalue weighted by molar-refractivity contribution is -0.121. The molecular weight excluding hydrogens is 474 g/mol. The van der Waals surface area contributed by atoms with Gasteiger partial charge in [-0.25, -0.2) is 4.98 Å². The van der Waals surface area contributed by atoms with Gasteiger partial charge in [-0.15, -0.1) is 0 Å². The lowest BCUT2D eigenvalue weighted by Gasteiger charge is -2.21. The van der Waals surface area contributed by atoms with Gasteiger partial charge in [-0.1, -0.05) is 48.5 Å². The van der Waals surface area contributed by atoms with Crippen molar-refractivity contribution in [3.8, 4) is 11.5 Å². The minimum Gasteiger partial charge on any atom is -0.361 e. The Morgan fingerprint density at radius 2 is 1.71 bits per heavy atom. The summed E-state index contributed by atoms with van der Waals surface area (Å²) in [7, 11) is 0. The molecule has 7 rings (SSSR count). The van der Waals surface area contributed by atoms with E-state index in [4.69, 9.17) is 4.98 Å². The summed E-state index contributed by atoms with van der Waals surface area (Å²) in [6.07, 6.45) is 3.89. The van der Waals surface area contributed by atoms with Gasteiger partial charge in [-0.3, -0.25) is 14.2 Å². The number of benzene rings is 3. The van der Waals surface area contributed by atoms with E-state index in [0.717, 1.165) is 35.0 Å². The molecule has 1 aliphatic heterocycles. The van der Waals surface area contributed by atoms with E-state index in [-0.39, 0.29) is 11.5 Å². The number of para-hydroxylation sites is 3. The van der Waals surface area contributed by atoms with E-state index in [9.17, 15) is 9.59 Å². The third-order valence-corrected chi connectivity index (χ3v) is 7.69. The molecule has 0 aliphatic carbocycles. The van der Waals surface area contributed by atoms with Crippen LogP contribution in [0.15, 0.2) is 83.8 Å². The number of carbonyl (C=O) groups is 1. The van der Waals surface area contributed by atoms with Crippen LogP contribution in [0.2, 0.25) is 0 Å². The lowest BCUT2D eigenvalue weighted by Crippen LogP contribution is -2.29. The Morgan fingerprint density at radius 1 is 0.947 bits per heavy atom. The quantitative estimate of drug-likeness (QED) is 0.344. The highest BCUT2D eigenvalue weighted by molar-refractivity contribution is 5.92. The molecule has 1 amide bonds. The zero-order valence-corrected chi connectivity index (χ0v) is 20.9. The summed E-state index contributed by atoms with van der Waals surface area (Å²) in [4.78, 5) is 34.5. The molecule has 2 N–H and O–H groups in total. The SMILES string of the molecule is O=C(CCn1c2c(c3ccccc31)CCn1c-2nc2ccccc2c1=O)NCCc1c[nH]c2ccccc12. The van der Waals surface area contributed by atoms with Crippen molar-refractivity contribution in [3.63, 3.8) is 0 Å². The highest BCUT2D eigenvalue weighted by Crippen LogP contribution is 2.36. The van der Waals surface area contributed by atoms with Crippen LogP contribution in [-0.2, 0) is 30.7 Å². The molecule has 38 heavy (non-hydrogen) atoms. The summed E-state index contributed by atoms with van der Waals surface area (Å²) >= 11 is 0. The number of fused-ring (bicyclic) bond motifs is 7. The van der Waals surface area contributed by atoms with E-state index in [1.54, 1.807) is 4.57 Å². The molecule has 0 bridgehead atoms. The minimum atomic E-state index is -0.0110. The Bertz CT molecular complexity index is 1910. The van der Waals surface area contributed by atoms with Crippen molar-refractivity contribution < 1.29 is 4.79 Å². The van der Waals surface area contributed by atoms with Gasteiger partial charge in [0.05, 0.1) is 16.6 Å². The summed E-state index contributed by atoms with van der Waals surface area (Å²) in [5.41, 5.74) is 6.21. The molecule has 3 aromatic carbocycles. The minimum absolute atomic E-state index is 0.0102. The van der Waals surface area contributed by atoms with E-state index in [0.29, 0.717) is 42.8 Å². The van der Waals surface area contributed by atoms with Crippen molar-refractivity contribution >= 4 is 38.6 Å². The normalized spacial score (nSPS) is 12.6. The van der Waals surface area contributed by atoms with E-state index in [1.165, 1.54) is 16.5 Å². The summed E-state index contributed by atoms with van der Waals surface area (Å²) in [6, 6.07) is 24.0. The first kappa shape index (κ1) is 22.5.